The molecular weight excluding hydrogens is 294 g/mol. The van der Waals surface area contributed by atoms with Crippen LogP contribution in [0, 0.1) is 0 Å². The van der Waals surface area contributed by atoms with Crippen molar-refractivity contribution >= 4 is 28.9 Å². The van der Waals surface area contributed by atoms with Gasteiger partial charge >= 0.3 is 5.97 Å². The van der Waals surface area contributed by atoms with Crippen LogP contribution < -0.4 is 5.32 Å². The lowest BCUT2D eigenvalue weighted by Gasteiger charge is -2.09. The number of nitrogens with one attached hydrogen (secondary N) is 1. The number of thiophene rings is 1. The molecule has 2 aromatic rings. The Bertz CT molecular complexity index is 583. The third-order valence-corrected chi connectivity index (χ3v) is 4.16. The quantitative estimate of drug-likeness (QED) is 0.831. The first-order valence-corrected chi connectivity index (χ1v) is 7.47. The second-order valence-electron chi connectivity index (χ2n) is 4.33. The minimum Gasteiger partial charge on any atom is -0.469 e. The average molecular weight is 310 g/mol. The van der Waals surface area contributed by atoms with Crippen LogP contribution in [0.25, 0.3) is 0 Å². The van der Waals surface area contributed by atoms with E-state index in [9.17, 15) is 4.79 Å². The third-order valence-electron chi connectivity index (χ3n) is 2.92. The Morgan fingerprint density at radius 3 is 2.60 bits per heavy atom. The standard InChI is InChI=1S/C15H16ClNO2S/c1-19-15(18)8-11-4-2-3-5-12(11)9-17-10-13-6-7-14(16)20-13/h2-7,17H,8-10H2,1H3. The van der Waals surface area contributed by atoms with Gasteiger partial charge in [0.05, 0.1) is 17.9 Å². The van der Waals surface area contributed by atoms with E-state index >= 15 is 0 Å². The van der Waals surface area contributed by atoms with Gasteiger partial charge in [0.15, 0.2) is 0 Å². The van der Waals surface area contributed by atoms with Crippen molar-refractivity contribution in [1.29, 1.82) is 0 Å². The minimum absolute atomic E-state index is 0.220. The van der Waals surface area contributed by atoms with Crippen LogP contribution in [0.4, 0.5) is 0 Å². The molecule has 0 unspecified atom stereocenters. The van der Waals surface area contributed by atoms with Crippen LogP contribution in [0.1, 0.15) is 16.0 Å². The zero-order valence-electron chi connectivity index (χ0n) is 11.2. The topological polar surface area (TPSA) is 38.3 Å². The lowest BCUT2D eigenvalue weighted by Crippen LogP contribution is -2.15. The highest BCUT2D eigenvalue weighted by Gasteiger charge is 2.07. The Hall–Kier alpha value is -1.36. The van der Waals surface area contributed by atoms with Crippen molar-refractivity contribution in [3.63, 3.8) is 0 Å². The average Bonchev–Trinajstić information content (AvgIpc) is 2.86. The molecule has 5 heteroatoms. The highest BCUT2D eigenvalue weighted by atomic mass is 35.5. The van der Waals surface area contributed by atoms with E-state index in [2.05, 4.69) is 5.32 Å². The molecule has 0 spiro atoms. The second-order valence-corrected chi connectivity index (χ2v) is 6.13. The summed E-state index contributed by atoms with van der Waals surface area (Å²) < 4.78 is 5.51. The molecule has 1 aromatic carbocycles. The van der Waals surface area contributed by atoms with Gasteiger partial charge in [-0.05, 0) is 23.3 Å². The van der Waals surface area contributed by atoms with Gasteiger partial charge in [0.2, 0.25) is 0 Å². The molecule has 0 bridgehead atoms. The lowest BCUT2D eigenvalue weighted by atomic mass is 10.0. The largest absolute Gasteiger partial charge is 0.469 e. The van der Waals surface area contributed by atoms with Gasteiger partial charge in [0, 0.05) is 18.0 Å². The molecule has 0 saturated heterocycles. The van der Waals surface area contributed by atoms with E-state index in [4.69, 9.17) is 16.3 Å². The number of halogens is 1. The van der Waals surface area contributed by atoms with Gasteiger partial charge in [-0.15, -0.1) is 11.3 Å². The summed E-state index contributed by atoms with van der Waals surface area (Å²) >= 11 is 7.46. The molecule has 1 aromatic heterocycles. The highest BCUT2D eigenvalue weighted by Crippen LogP contribution is 2.21. The molecule has 0 aliphatic heterocycles. The zero-order valence-corrected chi connectivity index (χ0v) is 12.8. The van der Waals surface area contributed by atoms with Crippen LogP contribution in [0.15, 0.2) is 36.4 Å². The number of carbonyl (C=O) groups is 1. The molecule has 0 aliphatic carbocycles. The summed E-state index contributed by atoms with van der Waals surface area (Å²) in [7, 11) is 1.41. The maximum absolute atomic E-state index is 11.4. The SMILES string of the molecule is COC(=O)Cc1ccccc1CNCc1ccc(Cl)s1. The Kier molecular flexibility index (Phi) is 5.59. The van der Waals surface area contributed by atoms with E-state index in [0.717, 1.165) is 22.0 Å². The third kappa shape index (κ3) is 4.34. The van der Waals surface area contributed by atoms with Gasteiger partial charge in [-0.1, -0.05) is 35.9 Å². The fourth-order valence-electron chi connectivity index (χ4n) is 1.90. The van der Waals surface area contributed by atoms with Gasteiger partial charge < -0.3 is 10.1 Å². The number of hydrogen-bond donors (Lipinski definition) is 1. The molecule has 106 valence electrons. The highest BCUT2D eigenvalue weighted by molar-refractivity contribution is 7.16. The molecule has 0 atom stereocenters. The molecule has 1 N–H and O–H groups in total. The normalized spacial score (nSPS) is 10.5. The summed E-state index contributed by atoms with van der Waals surface area (Å²) in [5.41, 5.74) is 2.11. The predicted molar refractivity (Wildman–Crippen MR) is 82.0 cm³/mol. The van der Waals surface area contributed by atoms with Gasteiger partial charge in [0.25, 0.3) is 0 Å². The van der Waals surface area contributed by atoms with Crippen molar-refractivity contribution in [3.8, 4) is 0 Å². The van der Waals surface area contributed by atoms with Crippen molar-refractivity contribution in [2.24, 2.45) is 0 Å². The summed E-state index contributed by atoms with van der Waals surface area (Å²) in [6, 6.07) is 11.8. The van der Waals surface area contributed by atoms with Crippen molar-refractivity contribution in [3.05, 3.63) is 56.7 Å². The van der Waals surface area contributed by atoms with Gasteiger partial charge in [0.1, 0.15) is 0 Å². The van der Waals surface area contributed by atoms with Crippen LogP contribution >= 0.6 is 22.9 Å². The fraction of sp³-hybridized carbons (Fsp3) is 0.267. The zero-order chi connectivity index (χ0) is 14.4. The van der Waals surface area contributed by atoms with E-state index in [-0.39, 0.29) is 5.97 Å². The molecule has 20 heavy (non-hydrogen) atoms. The van der Waals surface area contributed by atoms with Crippen LogP contribution in [-0.4, -0.2) is 13.1 Å². The van der Waals surface area contributed by atoms with Crippen LogP contribution in [0.3, 0.4) is 0 Å². The number of ether oxygens (including phenoxy) is 1. The minimum atomic E-state index is -0.220. The van der Waals surface area contributed by atoms with E-state index in [0.29, 0.717) is 13.0 Å². The van der Waals surface area contributed by atoms with Gasteiger partial charge in [-0.2, -0.15) is 0 Å². The second kappa shape index (κ2) is 7.43. The summed E-state index contributed by atoms with van der Waals surface area (Å²) in [6.45, 7) is 1.48. The summed E-state index contributed by atoms with van der Waals surface area (Å²) in [6.07, 6.45) is 0.305. The van der Waals surface area contributed by atoms with E-state index in [1.165, 1.54) is 12.0 Å². The van der Waals surface area contributed by atoms with Crippen molar-refractivity contribution in [1.82, 2.24) is 5.32 Å². The number of hydrogen-bond acceptors (Lipinski definition) is 4. The lowest BCUT2D eigenvalue weighted by molar-refractivity contribution is -0.139. The van der Waals surface area contributed by atoms with Crippen molar-refractivity contribution < 1.29 is 9.53 Å². The Balaban J connectivity index is 1.93. The molecule has 3 nitrogen and oxygen atoms in total. The first-order chi connectivity index (χ1) is 9.69. The van der Waals surface area contributed by atoms with E-state index in [1.807, 2.05) is 36.4 Å². The van der Waals surface area contributed by atoms with Crippen LogP contribution in [0.2, 0.25) is 4.34 Å². The Morgan fingerprint density at radius 2 is 1.95 bits per heavy atom. The fourth-order valence-corrected chi connectivity index (χ4v) is 2.95. The summed E-state index contributed by atoms with van der Waals surface area (Å²) in [4.78, 5) is 12.6. The summed E-state index contributed by atoms with van der Waals surface area (Å²) in [5, 5.41) is 3.36. The van der Waals surface area contributed by atoms with Gasteiger partial charge in [-0.3, -0.25) is 4.79 Å². The molecule has 0 aliphatic rings. The number of esters is 1. The summed E-state index contributed by atoms with van der Waals surface area (Å²) in [5.74, 6) is -0.220. The van der Waals surface area contributed by atoms with E-state index in [1.54, 1.807) is 11.3 Å². The van der Waals surface area contributed by atoms with Crippen molar-refractivity contribution in [2.45, 2.75) is 19.5 Å². The molecule has 0 amide bonds. The molecular formula is C15H16ClNO2S. The maximum Gasteiger partial charge on any atom is 0.309 e. The van der Waals surface area contributed by atoms with E-state index < -0.39 is 0 Å². The van der Waals surface area contributed by atoms with Crippen LogP contribution in [0.5, 0.6) is 0 Å². The molecule has 1 heterocycles. The number of carbonyl (C=O) groups excluding carboxylic acids is 1. The number of rotatable bonds is 6. The molecule has 0 radical (unpaired) electrons. The first-order valence-electron chi connectivity index (χ1n) is 6.27. The molecule has 0 saturated carbocycles. The Morgan fingerprint density at radius 1 is 1.20 bits per heavy atom. The molecule has 2 rings (SSSR count). The van der Waals surface area contributed by atoms with Gasteiger partial charge in [-0.25, -0.2) is 0 Å². The first kappa shape index (κ1) is 15.0. The molecule has 0 fully saturated rings. The van der Waals surface area contributed by atoms with Crippen LogP contribution in [-0.2, 0) is 29.0 Å². The smallest absolute Gasteiger partial charge is 0.309 e. The maximum atomic E-state index is 11.4. The Labute approximate surface area is 127 Å². The number of benzene rings is 1. The predicted octanol–water partition coefficient (Wildman–Crippen LogP) is 3.41. The van der Waals surface area contributed by atoms with Crippen molar-refractivity contribution in [2.75, 3.05) is 7.11 Å². The number of methoxy groups -OCH3 is 1. The monoisotopic (exact) mass is 309 g/mol.